The summed E-state index contributed by atoms with van der Waals surface area (Å²) < 4.78 is 0. The fourth-order valence-corrected chi connectivity index (χ4v) is 7.47. The van der Waals surface area contributed by atoms with Crippen molar-refractivity contribution in [2.75, 3.05) is 0 Å². The van der Waals surface area contributed by atoms with E-state index < -0.39 is 0 Å². The first-order valence-electron chi connectivity index (χ1n) is 8.89. The lowest BCUT2D eigenvalue weighted by Gasteiger charge is -2.57. The summed E-state index contributed by atoms with van der Waals surface area (Å²) in [4.78, 5) is 0.783. The molecule has 0 aromatic carbocycles. The molecule has 4 aliphatic carbocycles. The Balaban J connectivity index is 1.69. The van der Waals surface area contributed by atoms with Crippen molar-refractivity contribution < 1.29 is 0 Å². The van der Waals surface area contributed by atoms with Gasteiger partial charge in [-0.15, -0.1) is 0 Å². The van der Waals surface area contributed by atoms with Crippen molar-refractivity contribution in [2.24, 2.45) is 28.6 Å². The highest BCUT2D eigenvalue weighted by Gasteiger charge is 2.57. The molecule has 3 saturated carbocycles. The molecule has 0 aromatic rings. The molecule has 0 nitrogen and oxygen atoms in total. The van der Waals surface area contributed by atoms with Gasteiger partial charge in [0.2, 0.25) is 0 Å². The number of hydrogen-bond acceptors (Lipinski definition) is 0. The van der Waals surface area contributed by atoms with Crippen molar-refractivity contribution >= 4 is 15.9 Å². The van der Waals surface area contributed by atoms with Gasteiger partial charge in [-0.05, 0) is 80.0 Å². The summed E-state index contributed by atoms with van der Waals surface area (Å²) in [6.45, 7) is 5.21. The van der Waals surface area contributed by atoms with Gasteiger partial charge in [-0.3, -0.25) is 0 Å². The highest BCUT2D eigenvalue weighted by molar-refractivity contribution is 9.09. The number of fused-ring (bicyclic) bond motifs is 5. The third kappa shape index (κ3) is 1.71. The van der Waals surface area contributed by atoms with Gasteiger partial charge >= 0.3 is 0 Å². The topological polar surface area (TPSA) is 0 Å². The van der Waals surface area contributed by atoms with Gasteiger partial charge in [0.15, 0.2) is 0 Å². The molecule has 6 atom stereocenters. The normalized spacial score (nSPS) is 54.6. The van der Waals surface area contributed by atoms with E-state index in [4.69, 9.17) is 0 Å². The van der Waals surface area contributed by atoms with Crippen LogP contribution in [0.25, 0.3) is 0 Å². The zero-order valence-corrected chi connectivity index (χ0v) is 14.7. The van der Waals surface area contributed by atoms with Crippen molar-refractivity contribution in [1.82, 2.24) is 0 Å². The first kappa shape index (κ1) is 13.9. The Morgan fingerprint density at radius 1 is 1.05 bits per heavy atom. The Kier molecular flexibility index (Phi) is 3.19. The third-order valence-electron chi connectivity index (χ3n) is 7.90. The third-order valence-corrected chi connectivity index (χ3v) is 9.41. The molecule has 0 amide bonds. The van der Waals surface area contributed by atoms with Crippen LogP contribution in [0.4, 0.5) is 0 Å². The standard InChI is InChI=1S/C19H29Br/c1-18-11-4-3-5-13(18)6-7-14-15-8-9-17(20)19(15,2)12-10-16(14)18/h6,14-17H,3-5,7-12H2,1-2H3/t14-,15-,16+,17?,18-,19-/m0/s1. The molecule has 0 spiro atoms. The van der Waals surface area contributed by atoms with Gasteiger partial charge in [-0.1, -0.05) is 47.8 Å². The second-order valence-electron chi connectivity index (χ2n) is 8.56. The smallest absolute Gasteiger partial charge is 0.0202 e. The van der Waals surface area contributed by atoms with Crippen molar-refractivity contribution in [3.05, 3.63) is 11.6 Å². The molecule has 1 unspecified atom stereocenters. The van der Waals surface area contributed by atoms with Crippen molar-refractivity contribution in [3.63, 3.8) is 0 Å². The number of halogens is 1. The van der Waals surface area contributed by atoms with Gasteiger partial charge in [0.25, 0.3) is 0 Å². The van der Waals surface area contributed by atoms with Gasteiger partial charge in [0.05, 0.1) is 0 Å². The Morgan fingerprint density at radius 2 is 1.90 bits per heavy atom. The van der Waals surface area contributed by atoms with E-state index in [0.29, 0.717) is 10.8 Å². The fraction of sp³-hybridized carbons (Fsp3) is 0.895. The van der Waals surface area contributed by atoms with Crippen LogP contribution in [-0.4, -0.2) is 4.83 Å². The van der Waals surface area contributed by atoms with E-state index in [9.17, 15) is 0 Å². The first-order valence-corrected chi connectivity index (χ1v) is 9.81. The molecule has 4 aliphatic rings. The molecule has 0 aromatic heterocycles. The lowest BCUT2D eigenvalue weighted by molar-refractivity contribution is -0.0226. The Labute approximate surface area is 132 Å². The summed E-state index contributed by atoms with van der Waals surface area (Å²) in [7, 11) is 0. The maximum absolute atomic E-state index is 4.02. The Bertz CT molecular complexity index is 439. The molecular formula is C19H29Br. The minimum Gasteiger partial charge on any atom is -0.0885 e. The minimum atomic E-state index is 0.576. The molecule has 20 heavy (non-hydrogen) atoms. The molecule has 4 rings (SSSR count). The predicted molar refractivity (Wildman–Crippen MR) is 89.0 cm³/mol. The highest BCUT2D eigenvalue weighted by atomic mass is 79.9. The zero-order chi connectivity index (χ0) is 14.0. The maximum Gasteiger partial charge on any atom is 0.0202 e. The van der Waals surface area contributed by atoms with Gasteiger partial charge in [-0.2, -0.15) is 0 Å². The van der Waals surface area contributed by atoms with Crippen LogP contribution < -0.4 is 0 Å². The molecule has 1 heteroatoms. The van der Waals surface area contributed by atoms with E-state index >= 15 is 0 Å². The van der Waals surface area contributed by atoms with E-state index in [2.05, 4.69) is 35.9 Å². The largest absolute Gasteiger partial charge is 0.0885 e. The van der Waals surface area contributed by atoms with Crippen LogP contribution in [0.15, 0.2) is 11.6 Å². The van der Waals surface area contributed by atoms with Gasteiger partial charge in [0.1, 0.15) is 0 Å². The summed E-state index contributed by atoms with van der Waals surface area (Å²) in [6.07, 6.45) is 15.7. The molecule has 0 radical (unpaired) electrons. The minimum absolute atomic E-state index is 0.576. The molecular weight excluding hydrogens is 308 g/mol. The molecule has 0 N–H and O–H groups in total. The molecule has 0 heterocycles. The number of hydrogen-bond donors (Lipinski definition) is 0. The quantitative estimate of drug-likeness (QED) is 0.370. The average molecular weight is 337 g/mol. The highest BCUT2D eigenvalue weighted by Crippen LogP contribution is 2.65. The fourth-order valence-electron chi connectivity index (χ4n) is 6.63. The summed E-state index contributed by atoms with van der Waals surface area (Å²) in [5.74, 6) is 2.98. The first-order chi connectivity index (χ1) is 9.56. The summed E-state index contributed by atoms with van der Waals surface area (Å²) in [5, 5.41) is 0. The monoisotopic (exact) mass is 336 g/mol. The molecule has 0 aliphatic heterocycles. The van der Waals surface area contributed by atoms with Crippen LogP contribution in [0.2, 0.25) is 0 Å². The second kappa shape index (κ2) is 4.61. The molecule has 0 saturated heterocycles. The van der Waals surface area contributed by atoms with E-state index in [-0.39, 0.29) is 0 Å². The van der Waals surface area contributed by atoms with Crippen LogP contribution >= 0.6 is 15.9 Å². The van der Waals surface area contributed by atoms with Crippen LogP contribution in [0.3, 0.4) is 0 Å². The Morgan fingerprint density at radius 3 is 2.75 bits per heavy atom. The maximum atomic E-state index is 4.02. The molecule has 0 bridgehead atoms. The number of rotatable bonds is 0. The summed E-state index contributed by atoms with van der Waals surface area (Å²) in [5.41, 5.74) is 3.02. The van der Waals surface area contributed by atoms with Gasteiger partial charge in [-0.25, -0.2) is 0 Å². The summed E-state index contributed by atoms with van der Waals surface area (Å²) in [6, 6.07) is 0. The molecule has 3 fully saturated rings. The lowest BCUT2D eigenvalue weighted by atomic mass is 9.48. The van der Waals surface area contributed by atoms with Crippen molar-refractivity contribution in [1.29, 1.82) is 0 Å². The average Bonchev–Trinajstić information content (AvgIpc) is 2.74. The van der Waals surface area contributed by atoms with E-state index in [1.165, 1.54) is 57.8 Å². The Hall–Kier alpha value is 0.220. The van der Waals surface area contributed by atoms with Gasteiger partial charge < -0.3 is 0 Å². The number of allylic oxidation sites excluding steroid dienone is 2. The van der Waals surface area contributed by atoms with Crippen LogP contribution in [-0.2, 0) is 0 Å². The van der Waals surface area contributed by atoms with Gasteiger partial charge in [0, 0.05) is 4.83 Å². The van der Waals surface area contributed by atoms with Crippen LogP contribution in [0, 0.1) is 28.6 Å². The second-order valence-corrected chi connectivity index (χ2v) is 9.66. The van der Waals surface area contributed by atoms with Crippen LogP contribution in [0.1, 0.15) is 71.6 Å². The SMILES string of the molecule is C[C@]12CCCCC1=CC[C@@H]1[C@H]2CC[C@]2(C)C(Br)CC[C@@H]12. The summed E-state index contributed by atoms with van der Waals surface area (Å²) >= 11 is 4.02. The molecule has 112 valence electrons. The van der Waals surface area contributed by atoms with Crippen LogP contribution in [0.5, 0.6) is 0 Å². The van der Waals surface area contributed by atoms with E-state index in [1.807, 2.05) is 5.57 Å². The van der Waals surface area contributed by atoms with E-state index in [1.54, 1.807) is 0 Å². The van der Waals surface area contributed by atoms with Crippen molar-refractivity contribution in [2.45, 2.75) is 76.5 Å². The zero-order valence-electron chi connectivity index (χ0n) is 13.1. The predicted octanol–water partition coefficient (Wildman–Crippen LogP) is 6.10. The lowest BCUT2D eigenvalue weighted by Crippen LogP contribution is -2.49. The van der Waals surface area contributed by atoms with E-state index in [0.717, 1.165) is 22.6 Å². The van der Waals surface area contributed by atoms with Crippen molar-refractivity contribution in [3.8, 4) is 0 Å². The number of alkyl halides is 1.